The molecule has 0 atom stereocenters. The fraction of sp³-hybridized carbons (Fsp3) is 0. The van der Waals surface area contributed by atoms with E-state index in [-0.39, 0.29) is 0 Å². The van der Waals surface area contributed by atoms with Crippen molar-refractivity contribution in [2.45, 2.75) is 0 Å². The second kappa shape index (κ2) is 3.34. The fourth-order valence-corrected chi connectivity index (χ4v) is 1.65. The third-order valence-corrected chi connectivity index (χ3v) is 2.43. The summed E-state index contributed by atoms with van der Waals surface area (Å²) in [6, 6.07) is 13.3. The van der Waals surface area contributed by atoms with E-state index in [1.165, 1.54) is 6.20 Å². The first-order valence-corrected chi connectivity index (χ1v) is 4.92. The van der Waals surface area contributed by atoms with Crippen LogP contribution in [0.2, 0.25) is 0 Å². The maximum Gasteiger partial charge on any atom is 0.110 e. The predicted octanol–water partition coefficient (Wildman–Crippen LogP) is 2.44. The van der Waals surface area contributed by atoms with Gasteiger partial charge in [0.05, 0.1) is 11.2 Å². The number of fused-ring (bicyclic) bond motifs is 1. The van der Waals surface area contributed by atoms with Crippen molar-refractivity contribution in [2.75, 3.05) is 0 Å². The van der Waals surface area contributed by atoms with Crippen molar-refractivity contribution in [1.29, 1.82) is 0 Å². The molecule has 0 N–H and O–H groups in total. The topological polar surface area (TPSA) is 53.8 Å². The largest absolute Gasteiger partial charge is 0.790 e. The van der Waals surface area contributed by atoms with E-state index in [0.29, 0.717) is 16.2 Å². The van der Waals surface area contributed by atoms with Gasteiger partial charge in [0.25, 0.3) is 0 Å². The predicted molar refractivity (Wildman–Crippen MR) is 61.7 cm³/mol. The third kappa shape index (κ3) is 1.40. The zero-order valence-electron chi connectivity index (χ0n) is 8.37. The Hall–Kier alpha value is -2.36. The smallest absolute Gasteiger partial charge is 0.110 e. The first-order chi connectivity index (χ1) is 7.83. The van der Waals surface area contributed by atoms with Crippen molar-refractivity contribution in [3.05, 3.63) is 53.9 Å². The van der Waals surface area contributed by atoms with Gasteiger partial charge in [-0.1, -0.05) is 24.3 Å². The molecular formula is C12H8N3O-. The van der Waals surface area contributed by atoms with Crippen LogP contribution in [0.5, 0.6) is 0 Å². The second-order valence-electron chi connectivity index (χ2n) is 3.49. The molecule has 0 saturated carbocycles. The molecule has 0 fully saturated rings. The van der Waals surface area contributed by atoms with Crippen LogP contribution in [0.15, 0.2) is 48.7 Å². The molecule has 0 saturated heterocycles. The van der Waals surface area contributed by atoms with E-state index in [1.54, 1.807) is 6.07 Å². The van der Waals surface area contributed by atoms with Crippen LogP contribution in [0.4, 0.5) is 0 Å². The lowest BCUT2D eigenvalue weighted by Gasteiger charge is -2.02. The molecule has 4 nitrogen and oxygen atoms in total. The normalized spacial score (nSPS) is 10.8. The Morgan fingerprint density at radius 1 is 0.938 bits per heavy atom. The van der Waals surface area contributed by atoms with Crippen LogP contribution < -0.4 is 0 Å². The number of para-hydroxylation sites is 1. The maximum atomic E-state index is 10.9. The summed E-state index contributed by atoms with van der Waals surface area (Å²) in [5, 5.41) is 15.8. The minimum absolute atomic E-state index is 0.534. The van der Waals surface area contributed by atoms with Crippen molar-refractivity contribution in [2.24, 2.45) is 0 Å². The van der Waals surface area contributed by atoms with Gasteiger partial charge in [-0.2, -0.15) is 5.10 Å². The molecule has 3 aromatic rings. The monoisotopic (exact) mass is 210 g/mol. The molecule has 2 heterocycles. The first kappa shape index (κ1) is 8.91. The van der Waals surface area contributed by atoms with E-state index in [2.05, 4.69) is 10.1 Å². The molecule has 3 rings (SSSR count). The number of rotatable bonds is 1. The minimum Gasteiger partial charge on any atom is -0.790 e. The van der Waals surface area contributed by atoms with E-state index in [9.17, 15) is 5.21 Å². The van der Waals surface area contributed by atoms with Crippen LogP contribution in [0.1, 0.15) is 0 Å². The zero-order valence-corrected chi connectivity index (χ0v) is 8.37. The molecule has 16 heavy (non-hydrogen) atoms. The molecule has 0 bridgehead atoms. The van der Waals surface area contributed by atoms with Gasteiger partial charge < -0.3 is 10.1 Å². The molecule has 0 aliphatic carbocycles. The van der Waals surface area contributed by atoms with Crippen LogP contribution in [0, 0.1) is 5.21 Å². The van der Waals surface area contributed by atoms with Crippen LogP contribution in [0.3, 0.4) is 0 Å². The standard InChI is InChI=1S/C12H8N3O/c16-15-8-7-12(14-15)11-6-5-9-3-1-2-4-10(9)13-11/h1-8H/q-1. The van der Waals surface area contributed by atoms with Gasteiger partial charge in [0.2, 0.25) is 0 Å². The van der Waals surface area contributed by atoms with Crippen molar-refractivity contribution < 1.29 is 0 Å². The quantitative estimate of drug-likeness (QED) is 0.619. The summed E-state index contributed by atoms with van der Waals surface area (Å²) in [4.78, 5) is 4.98. The van der Waals surface area contributed by atoms with E-state index in [0.717, 1.165) is 10.9 Å². The minimum atomic E-state index is 0.534. The van der Waals surface area contributed by atoms with Crippen LogP contribution in [-0.2, 0) is 0 Å². The van der Waals surface area contributed by atoms with E-state index in [1.807, 2.05) is 36.4 Å². The number of pyridine rings is 1. The van der Waals surface area contributed by atoms with Gasteiger partial charge in [0.1, 0.15) is 5.69 Å². The molecule has 1 aromatic carbocycles. The summed E-state index contributed by atoms with van der Waals surface area (Å²) in [6.45, 7) is 0. The maximum absolute atomic E-state index is 10.9. The van der Waals surface area contributed by atoms with Gasteiger partial charge in [-0.05, 0) is 18.2 Å². The van der Waals surface area contributed by atoms with E-state index in [4.69, 9.17) is 0 Å². The van der Waals surface area contributed by atoms with Gasteiger partial charge in [-0.15, -0.1) is 0 Å². The Labute approximate surface area is 91.7 Å². The number of hydrogen-bond acceptors (Lipinski definition) is 3. The highest BCUT2D eigenvalue weighted by molar-refractivity contribution is 5.80. The molecule has 0 amide bonds. The van der Waals surface area contributed by atoms with E-state index >= 15 is 0 Å². The second-order valence-corrected chi connectivity index (χ2v) is 3.49. The summed E-state index contributed by atoms with van der Waals surface area (Å²) in [7, 11) is 0. The summed E-state index contributed by atoms with van der Waals surface area (Å²) in [6.07, 6.45) is 1.37. The van der Waals surface area contributed by atoms with Gasteiger partial charge >= 0.3 is 0 Å². The Bertz CT molecular complexity index is 645. The van der Waals surface area contributed by atoms with Gasteiger partial charge in [-0.3, -0.25) is 0 Å². The van der Waals surface area contributed by atoms with Gasteiger partial charge in [0.15, 0.2) is 0 Å². The Morgan fingerprint density at radius 3 is 2.62 bits per heavy atom. The number of hydrogen-bond donors (Lipinski definition) is 0. The van der Waals surface area contributed by atoms with Gasteiger partial charge in [0, 0.05) is 11.6 Å². The van der Waals surface area contributed by atoms with Crippen molar-refractivity contribution in [3.63, 3.8) is 0 Å². The fourth-order valence-electron chi connectivity index (χ4n) is 1.65. The number of benzene rings is 1. The summed E-state index contributed by atoms with van der Waals surface area (Å²) in [5.74, 6) is 0. The Balaban J connectivity index is 2.18. The molecule has 0 aliphatic rings. The number of nitrogens with zero attached hydrogens (tertiary/aromatic N) is 3. The molecule has 0 unspecified atom stereocenters. The van der Waals surface area contributed by atoms with E-state index < -0.39 is 0 Å². The highest BCUT2D eigenvalue weighted by Crippen LogP contribution is 2.18. The van der Waals surface area contributed by atoms with Crippen LogP contribution in [0.25, 0.3) is 22.3 Å². The zero-order chi connectivity index (χ0) is 11.0. The van der Waals surface area contributed by atoms with Crippen LogP contribution >= 0.6 is 0 Å². The summed E-state index contributed by atoms with van der Waals surface area (Å²) >= 11 is 0. The molecule has 0 aliphatic heterocycles. The van der Waals surface area contributed by atoms with Gasteiger partial charge in [-0.25, -0.2) is 4.98 Å². The van der Waals surface area contributed by atoms with Crippen molar-refractivity contribution in [1.82, 2.24) is 14.9 Å². The van der Waals surface area contributed by atoms with Crippen molar-refractivity contribution in [3.8, 4) is 11.4 Å². The first-order valence-electron chi connectivity index (χ1n) is 4.92. The molecule has 0 spiro atoms. The lowest BCUT2D eigenvalue weighted by Crippen LogP contribution is -1.88. The number of aromatic nitrogens is 3. The molecular weight excluding hydrogens is 202 g/mol. The third-order valence-electron chi connectivity index (χ3n) is 2.43. The Morgan fingerprint density at radius 2 is 1.81 bits per heavy atom. The lowest BCUT2D eigenvalue weighted by molar-refractivity contribution is 0.890. The average molecular weight is 210 g/mol. The average Bonchev–Trinajstić information content (AvgIpc) is 2.75. The summed E-state index contributed by atoms with van der Waals surface area (Å²) < 4.78 is 0. The SMILES string of the molecule is [O-]n1ccc(-c2ccc3ccccc3n2)n1. The molecule has 78 valence electrons. The lowest BCUT2D eigenvalue weighted by atomic mass is 10.2. The molecule has 0 radical (unpaired) electrons. The Kier molecular flexibility index (Phi) is 1.86. The molecule has 4 heteroatoms. The molecule has 2 aromatic heterocycles. The highest BCUT2D eigenvalue weighted by atomic mass is 16.5. The van der Waals surface area contributed by atoms with Crippen molar-refractivity contribution >= 4 is 10.9 Å². The van der Waals surface area contributed by atoms with Crippen LogP contribution in [-0.4, -0.2) is 14.9 Å². The summed E-state index contributed by atoms with van der Waals surface area (Å²) in [5.41, 5.74) is 2.22. The highest BCUT2D eigenvalue weighted by Gasteiger charge is 2.02.